The highest BCUT2D eigenvalue weighted by Crippen LogP contribution is 2.21. The van der Waals surface area contributed by atoms with E-state index in [1.165, 1.54) is 18.2 Å². The summed E-state index contributed by atoms with van der Waals surface area (Å²) >= 11 is 5.78. The molecule has 1 aliphatic rings. The molecule has 0 amide bonds. The number of piperidine rings is 1. The number of hydrogen-bond donors (Lipinski definition) is 1. The molecule has 18 heavy (non-hydrogen) atoms. The first-order valence-electron chi connectivity index (χ1n) is 6.36. The van der Waals surface area contributed by atoms with Crippen LogP contribution in [0.4, 0.5) is 4.39 Å². The monoisotopic (exact) mass is 269 g/mol. The molecule has 1 N–H and O–H groups in total. The summed E-state index contributed by atoms with van der Waals surface area (Å²) in [6.45, 7) is 2.04. The topological polar surface area (TPSA) is 29.1 Å². The standard InChI is InChI=1S/C14H17ClFNO/c15-11-2-3-13(16)12(9-11)14(18)4-1-10-5-7-17-8-6-10/h2-3,9-10,17H,1,4-8H2. The van der Waals surface area contributed by atoms with Gasteiger partial charge in [0.25, 0.3) is 0 Å². The minimum absolute atomic E-state index is 0.122. The van der Waals surface area contributed by atoms with Gasteiger partial charge in [-0.25, -0.2) is 4.39 Å². The van der Waals surface area contributed by atoms with Gasteiger partial charge in [-0.15, -0.1) is 0 Å². The molecule has 0 bridgehead atoms. The lowest BCUT2D eigenvalue weighted by Gasteiger charge is -2.22. The minimum atomic E-state index is -0.477. The molecule has 2 rings (SSSR count). The Balaban J connectivity index is 1.92. The number of rotatable bonds is 4. The molecule has 0 atom stereocenters. The van der Waals surface area contributed by atoms with Crippen molar-refractivity contribution in [2.24, 2.45) is 5.92 Å². The van der Waals surface area contributed by atoms with Gasteiger partial charge in [-0.2, -0.15) is 0 Å². The van der Waals surface area contributed by atoms with Gasteiger partial charge < -0.3 is 5.32 Å². The third-order valence-electron chi connectivity index (χ3n) is 3.47. The zero-order valence-electron chi connectivity index (χ0n) is 10.2. The van der Waals surface area contributed by atoms with E-state index in [0.29, 0.717) is 17.4 Å². The molecule has 0 aliphatic carbocycles. The molecule has 1 aliphatic heterocycles. The number of hydrogen-bond acceptors (Lipinski definition) is 2. The zero-order valence-corrected chi connectivity index (χ0v) is 11.0. The van der Waals surface area contributed by atoms with Crippen LogP contribution in [0.5, 0.6) is 0 Å². The summed E-state index contributed by atoms with van der Waals surface area (Å²) in [5.41, 5.74) is 0.122. The molecule has 98 valence electrons. The highest BCUT2D eigenvalue weighted by Gasteiger charge is 2.17. The number of halogens is 2. The highest BCUT2D eigenvalue weighted by molar-refractivity contribution is 6.31. The van der Waals surface area contributed by atoms with Crippen LogP contribution in [0.3, 0.4) is 0 Å². The molecule has 2 nitrogen and oxygen atoms in total. The van der Waals surface area contributed by atoms with Crippen LogP contribution in [0.15, 0.2) is 18.2 Å². The first kappa shape index (κ1) is 13.5. The maximum atomic E-state index is 13.5. The van der Waals surface area contributed by atoms with Crippen LogP contribution in [0.25, 0.3) is 0 Å². The molecule has 0 unspecified atom stereocenters. The Morgan fingerprint density at radius 1 is 1.39 bits per heavy atom. The van der Waals surface area contributed by atoms with E-state index in [2.05, 4.69) is 5.32 Å². The van der Waals surface area contributed by atoms with Gasteiger partial charge in [0.2, 0.25) is 0 Å². The molecule has 1 aromatic rings. The lowest BCUT2D eigenvalue weighted by Crippen LogP contribution is -2.28. The second-order valence-corrected chi connectivity index (χ2v) is 5.22. The Labute approximate surface area is 112 Å². The van der Waals surface area contributed by atoms with Gasteiger partial charge in [-0.05, 0) is 56.5 Å². The number of benzene rings is 1. The van der Waals surface area contributed by atoms with Crippen molar-refractivity contribution in [3.8, 4) is 0 Å². The van der Waals surface area contributed by atoms with E-state index in [1.54, 1.807) is 0 Å². The van der Waals surface area contributed by atoms with Crippen molar-refractivity contribution >= 4 is 17.4 Å². The van der Waals surface area contributed by atoms with Crippen LogP contribution in [0, 0.1) is 11.7 Å². The minimum Gasteiger partial charge on any atom is -0.317 e. The molecule has 4 heteroatoms. The van der Waals surface area contributed by atoms with Gasteiger partial charge in [0.05, 0.1) is 5.56 Å². The van der Waals surface area contributed by atoms with Gasteiger partial charge >= 0.3 is 0 Å². The Bertz CT molecular complexity index is 430. The largest absolute Gasteiger partial charge is 0.317 e. The summed E-state index contributed by atoms with van der Waals surface area (Å²) in [4.78, 5) is 11.9. The third-order valence-corrected chi connectivity index (χ3v) is 3.70. The fourth-order valence-electron chi connectivity index (χ4n) is 2.35. The van der Waals surface area contributed by atoms with Gasteiger partial charge in [0.15, 0.2) is 5.78 Å². The SMILES string of the molecule is O=C(CCC1CCNCC1)c1cc(Cl)ccc1F. The smallest absolute Gasteiger partial charge is 0.165 e. The Morgan fingerprint density at radius 3 is 2.83 bits per heavy atom. The van der Waals surface area contributed by atoms with Crippen molar-refractivity contribution in [1.29, 1.82) is 0 Å². The molecule has 0 radical (unpaired) electrons. The number of nitrogens with one attached hydrogen (secondary N) is 1. The van der Waals surface area contributed by atoms with Crippen molar-refractivity contribution < 1.29 is 9.18 Å². The number of ketones is 1. The average molecular weight is 270 g/mol. The van der Waals surface area contributed by atoms with Crippen molar-refractivity contribution in [2.75, 3.05) is 13.1 Å². The van der Waals surface area contributed by atoms with Crippen LogP contribution in [0.2, 0.25) is 5.02 Å². The second-order valence-electron chi connectivity index (χ2n) is 4.78. The van der Waals surface area contributed by atoms with Crippen molar-refractivity contribution in [3.05, 3.63) is 34.6 Å². The quantitative estimate of drug-likeness (QED) is 0.849. The molecule has 0 spiro atoms. The lowest BCUT2D eigenvalue weighted by atomic mass is 9.91. The van der Waals surface area contributed by atoms with E-state index in [0.717, 1.165) is 32.4 Å². The van der Waals surface area contributed by atoms with Gasteiger partial charge in [-0.3, -0.25) is 4.79 Å². The molecule has 1 saturated heterocycles. The Morgan fingerprint density at radius 2 is 2.11 bits per heavy atom. The zero-order chi connectivity index (χ0) is 13.0. The first-order valence-corrected chi connectivity index (χ1v) is 6.73. The molecular weight excluding hydrogens is 253 g/mol. The Hall–Kier alpha value is -0.930. The van der Waals surface area contributed by atoms with Gasteiger partial charge in [0, 0.05) is 11.4 Å². The Kier molecular flexibility index (Phi) is 4.72. The molecule has 1 fully saturated rings. The summed E-state index contributed by atoms with van der Waals surface area (Å²) in [5, 5.41) is 3.69. The van der Waals surface area contributed by atoms with E-state index < -0.39 is 5.82 Å². The maximum absolute atomic E-state index is 13.5. The van der Waals surface area contributed by atoms with Crippen LogP contribution in [-0.2, 0) is 0 Å². The molecule has 0 saturated carbocycles. The third kappa shape index (κ3) is 3.53. The fraction of sp³-hybridized carbons (Fsp3) is 0.500. The summed E-state index contributed by atoms with van der Waals surface area (Å²) < 4.78 is 13.5. The highest BCUT2D eigenvalue weighted by atomic mass is 35.5. The lowest BCUT2D eigenvalue weighted by molar-refractivity contribution is 0.0967. The summed E-state index contributed by atoms with van der Waals surface area (Å²) in [5.74, 6) is -0.0410. The van der Waals surface area contributed by atoms with Crippen molar-refractivity contribution in [3.63, 3.8) is 0 Å². The number of carbonyl (C=O) groups is 1. The normalized spacial score (nSPS) is 16.8. The van der Waals surface area contributed by atoms with E-state index >= 15 is 0 Å². The molecule has 1 heterocycles. The molecular formula is C14H17ClFNO. The van der Waals surface area contributed by atoms with Crippen LogP contribution in [-0.4, -0.2) is 18.9 Å². The number of carbonyl (C=O) groups excluding carboxylic acids is 1. The summed E-state index contributed by atoms with van der Waals surface area (Å²) in [6.07, 6.45) is 3.45. The fourth-order valence-corrected chi connectivity index (χ4v) is 2.52. The molecule has 0 aromatic heterocycles. The second kappa shape index (κ2) is 6.30. The van der Waals surface area contributed by atoms with E-state index in [9.17, 15) is 9.18 Å². The van der Waals surface area contributed by atoms with Crippen LogP contribution >= 0.6 is 11.6 Å². The summed E-state index contributed by atoms with van der Waals surface area (Å²) in [6, 6.07) is 4.13. The van der Waals surface area contributed by atoms with Gasteiger partial charge in [-0.1, -0.05) is 11.6 Å². The van der Waals surface area contributed by atoms with Crippen LogP contribution in [0.1, 0.15) is 36.0 Å². The van der Waals surface area contributed by atoms with Gasteiger partial charge in [0.1, 0.15) is 5.82 Å². The predicted octanol–water partition coefficient (Wildman–Crippen LogP) is 3.44. The van der Waals surface area contributed by atoms with E-state index in [-0.39, 0.29) is 11.3 Å². The van der Waals surface area contributed by atoms with E-state index in [4.69, 9.17) is 11.6 Å². The summed E-state index contributed by atoms with van der Waals surface area (Å²) in [7, 11) is 0. The van der Waals surface area contributed by atoms with Crippen LogP contribution < -0.4 is 5.32 Å². The predicted molar refractivity (Wildman–Crippen MR) is 70.6 cm³/mol. The van der Waals surface area contributed by atoms with E-state index in [1.807, 2.05) is 0 Å². The molecule has 1 aromatic carbocycles. The van der Waals surface area contributed by atoms with Crippen molar-refractivity contribution in [2.45, 2.75) is 25.7 Å². The number of Topliss-reactive ketones (excluding diaryl/α,β-unsaturated/α-hetero) is 1. The first-order chi connectivity index (χ1) is 8.66. The average Bonchev–Trinajstić information content (AvgIpc) is 2.40. The van der Waals surface area contributed by atoms with Crippen molar-refractivity contribution in [1.82, 2.24) is 5.32 Å². The maximum Gasteiger partial charge on any atom is 0.165 e.